The minimum absolute atomic E-state index is 0.0565. The highest BCUT2D eigenvalue weighted by atomic mass is 16.6. The van der Waals surface area contributed by atoms with Gasteiger partial charge in [0.15, 0.2) is 6.04 Å². The van der Waals surface area contributed by atoms with Gasteiger partial charge in [-0.1, -0.05) is 12.1 Å². The van der Waals surface area contributed by atoms with E-state index in [0.717, 1.165) is 4.90 Å². The summed E-state index contributed by atoms with van der Waals surface area (Å²) in [6.07, 6.45) is -0.708. The van der Waals surface area contributed by atoms with Crippen LogP contribution in [0.4, 0.5) is 4.79 Å². The lowest BCUT2D eigenvalue weighted by Crippen LogP contribution is -2.42. The van der Waals surface area contributed by atoms with Crippen LogP contribution in [0.15, 0.2) is 24.3 Å². The van der Waals surface area contributed by atoms with Gasteiger partial charge in [0.25, 0.3) is 0 Å². The van der Waals surface area contributed by atoms with E-state index < -0.39 is 23.7 Å². The number of phenols is 1. The molecule has 0 bridgehead atoms. The number of hydrogen-bond acceptors (Lipinski definition) is 4. The van der Waals surface area contributed by atoms with Gasteiger partial charge in [0, 0.05) is 6.54 Å². The summed E-state index contributed by atoms with van der Waals surface area (Å²) in [5.74, 6) is -1.24. The van der Waals surface area contributed by atoms with Gasteiger partial charge in [-0.25, -0.2) is 9.59 Å². The number of rotatable bonds is 4. The van der Waals surface area contributed by atoms with Crippen LogP contribution in [0.3, 0.4) is 0 Å². The number of carboxylic acid groups (broad SMARTS) is 1. The molecule has 2 N–H and O–H groups in total. The topological polar surface area (TPSA) is 87.1 Å². The Hall–Kier alpha value is -2.24. The number of aromatic hydroxyl groups is 1. The summed E-state index contributed by atoms with van der Waals surface area (Å²) in [6, 6.07) is 4.63. The summed E-state index contributed by atoms with van der Waals surface area (Å²) in [7, 11) is 0. The van der Waals surface area contributed by atoms with E-state index in [1.807, 2.05) is 0 Å². The van der Waals surface area contributed by atoms with Gasteiger partial charge in [0.1, 0.15) is 11.4 Å². The molecule has 1 aromatic rings. The molecular formula is C15H21NO5. The van der Waals surface area contributed by atoms with E-state index in [1.54, 1.807) is 33.8 Å². The molecule has 0 spiro atoms. The van der Waals surface area contributed by atoms with E-state index in [9.17, 15) is 19.8 Å². The zero-order valence-corrected chi connectivity index (χ0v) is 12.7. The molecule has 1 amide bonds. The monoisotopic (exact) mass is 295 g/mol. The van der Waals surface area contributed by atoms with Crippen molar-refractivity contribution in [3.8, 4) is 5.75 Å². The third-order valence-corrected chi connectivity index (χ3v) is 2.70. The molecule has 0 fully saturated rings. The van der Waals surface area contributed by atoms with Crippen molar-refractivity contribution in [2.75, 3.05) is 6.54 Å². The standard InChI is InChI=1S/C15H21NO5/c1-5-16(14(20)21-15(2,3)4)12(13(18)19)10-7-6-8-11(17)9-10/h6-9,12,17H,5H2,1-4H3,(H,18,19). The summed E-state index contributed by atoms with van der Waals surface area (Å²) in [5.41, 5.74) is -0.401. The van der Waals surface area contributed by atoms with Crippen LogP contribution in [0.1, 0.15) is 39.3 Å². The smallest absolute Gasteiger partial charge is 0.411 e. The summed E-state index contributed by atoms with van der Waals surface area (Å²) < 4.78 is 5.23. The molecule has 0 radical (unpaired) electrons. The van der Waals surface area contributed by atoms with Crippen LogP contribution in [-0.2, 0) is 9.53 Å². The third kappa shape index (κ3) is 4.66. The molecule has 0 saturated heterocycles. The average molecular weight is 295 g/mol. The Morgan fingerprint density at radius 1 is 1.33 bits per heavy atom. The van der Waals surface area contributed by atoms with Crippen molar-refractivity contribution in [1.29, 1.82) is 0 Å². The number of amides is 1. The molecule has 0 aromatic heterocycles. The highest BCUT2D eigenvalue weighted by Gasteiger charge is 2.33. The van der Waals surface area contributed by atoms with Crippen molar-refractivity contribution in [3.05, 3.63) is 29.8 Å². The number of phenolic OH excluding ortho intramolecular Hbond substituents is 1. The number of likely N-dealkylation sites (N-methyl/N-ethyl adjacent to an activating group) is 1. The highest BCUT2D eigenvalue weighted by molar-refractivity contribution is 5.81. The van der Waals surface area contributed by atoms with Crippen molar-refractivity contribution in [2.45, 2.75) is 39.3 Å². The maximum Gasteiger partial charge on any atom is 0.411 e. The summed E-state index contributed by atoms with van der Waals surface area (Å²) >= 11 is 0. The molecule has 1 rings (SSSR count). The average Bonchev–Trinajstić information content (AvgIpc) is 2.32. The molecule has 21 heavy (non-hydrogen) atoms. The number of nitrogens with zero attached hydrogens (tertiary/aromatic N) is 1. The number of benzene rings is 1. The minimum Gasteiger partial charge on any atom is -0.508 e. The first-order chi connectivity index (χ1) is 9.65. The van der Waals surface area contributed by atoms with E-state index in [2.05, 4.69) is 0 Å². The minimum atomic E-state index is -1.21. The fourth-order valence-corrected chi connectivity index (χ4v) is 1.89. The second kappa shape index (κ2) is 6.47. The van der Waals surface area contributed by atoms with E-state index >= 15 is 0 Å². The van der Waals surface area contributed by atoms with Gasteiger partial charge < -0.3 is 14.9 Å². The van der Waals surface area contributed by atoms with Crippen molar-refractivity contribution in [2.24, 2.45) is 0 Å². The number of aliphatic carboxylic acids is 1. The van der Waals surface area contributed by atoms with Crippen LogP contribution in [0.25, 0.3) is 0 Å². The Morgan fingerprint density at radius 2 is 1.95 bits per heavy atom. The van der Waals surface area contributed by atoms with Crippen LogP contribution in [-0.4, -0.2) is 39.3 Å². The van der Waals surface area contributed by atoms with Crippen molar-refractivity contribution >= 4 is 12.1 Å². The maximum atomic E-state index is 12.2. The largest absolute Gasteiger partial charge is 0.508 e. The molecule has 1 atom stereocenters. The van der Waals surface area contributed by atoms with Crippen LogP contribution >= 0.6 is 0 Å². The molecule has 1 unspecified atom stereocenters. The van der Waals surface area contributed by atoms with E-state index in [-0.39, 0.29) is 12.3 Å². The predicted octanol–water partition coefficient (Wildman–Crippen LogP) is 2.77. The Morgan fingerprint density at radius 3 is 2.38 bits per heavy atom. The Bertz CT molecular complexity index is 521. The number of hydrogen-bond donors (Lipinski definition) is 2. The lowest BCUT2D eigenvalue weighted by molar-refractivity contribution is -0.143. The number of carbonyl (C=O) groups is 2. The molecule has 0 aliphatic rings. The molecule has 116 valence electrons. The van der Waals surface area contributed by atoms with Gasteiger partial charge >= 0.3 is 12.1 Å². The van der Waals surface area contributed by atoms with Crippen LogP contribution in [0.5, 0.6) is 5.75 Å². The first kappa shape index (κ1) is 16.8. The SMILES string of the molecule is CCN(C(=O)OC(C)(C)C)C(C(=O)O)c1cccc(O)c1. The second-order valence-electron chi connectivity index (χ2n) is 5.60. The third-order valence-electron chi connectivity index (χ3n) is 2.70. The fraction of sp³-hybridized carbons (Fsp3) is 0.467. The fourth-order valence-electron chi connectivity index (χ4n) is 1.89. The molecule has 0 heterocycles. The normalized spacial score (nSPS) is 12.6. The number of carbonyl (C=O) groups excluding carboxylic acids is 1. The van der Waals surface area contributed by atoms with Crippen LogP contribution in [0, 0.1) is 0 Å². The predicted molar refractivity (Wildman–Crippen MR) is 77.1 cm³/mol. The zero-order valence-electron chi connectivity index (χ0n) is 12.7. The van der Waals surface area contributed by atoms with Crippen molar-refractivity contribution in [1.82, 2.24) is 4.90 Å². The van der Waals surface area contributed by atoms with Crippen molar-refractivity contribution in [3.63, 3.8) is 0 Å². The molecule has 6 nitrogen and oxygen atoms in total. The zero-order chi connectivity index (χ0) is 16.2. The van der Waals surface area contributed by atoms with E-state index in [0.29, 0.717) is 5.56 Å². The van der Waals surface area contributed by atoms with Gasteiger partial charge in [-0.05, 0) is 45.4 Å². The molecule has 0 aliphatic heterocycles. The molecular weight excluding hydrogens is 274 g/mol. The molecule has 0 aliphatic carbocycles. The highest BCUT2D eigenvalue weighted by Crippen LogP contribution is 2.26. The lowest BCUT2D eigenvalue weighted by atomic mass is 10.1. The van der Waals surface area contributed by atoms with Gasteiger partial charge in [-0.3, -0.25) is 4.90 Å². The molecule has 1 aromatic carbocycles. The summed E-state index contributed by atoms with van der Waals surface area (Å²) in [6.45, 7) is 6.97. The van der Waals surface area contributed by atoms with Gasteiger partial charge in [0.05, 0.1) is 0 Å². The first-order valence-electron chi connectivity index (χ1n) is 6.67. The van der Waals surface area contributed by atoms with Crippen LogP contribution < -0.4 is 0 Å². The Labute approximate surface area is 124 Å². The Balaban J connectivity index is 3.13. The van der Waals surface area contributed by atoms with E-state index in [4.69, 9.17) is 4.74 Å². The quantitative estimate of drug-likeness (QED) is 0.891. The summed E-state index contributed by atoms with van der Waals surface area (Å²) in [4.78, 5) is 24.8. The van der Waals surface area contributed by atoms with E-state index in [1.165, 1.54) is 18.2 Å². The molecule has 0 saturated carbocycles. The lowest BCUT2D eigenvalue weighted by Gasteiger charge is -2.30. The van der Waals surface area contributed by atoms with Gasteiger partial charge in [-0.15, -0.1) is 0 Å². The van der Waals surface area contributed by atoms with Gasteiger partial charge in [0.2, 0.25) is 0 Å². The van der Waals surface area contributed by atoms with Gasteiger partial charge in [-0.2, -0.15) is 0 Å². The van der Waals surface area contributed by atoms with Crippen molar-refractivity contribution < 1.29 is 24.5 Å². The Kier molecular flexibility index (Phi) is 5.18. The maximum absolute atomic E-state index is 12.2. The first-order valence-corrected chi connectivity index (χ1v) is 6.67. The number of ether oxygens (including phenoxy) is 1. The van der Waals surface area contributed by atoms with Crippen LogP contribution in [0.2, 0.25) is 0 Å². The number of carboxylic acids is 1. The molecule has 6 heteroatoms. The summed E-state index contributed by atoms with van der Waals surface area (Å²) in [5, 5.41) is 18.9. The second-order valence-corrected chi connectivity index (χ2v) is 5.60.